The maximum atomic E-state index is 12.9. The second kappa shape index (κ2) is 10.8. The summed E-state index contributed by atoms with van der Waals surface area (Å²) >= 11 is 2.65. The summed E-state index contributed by atoms with van der Waals surface area (Å²) in [7, 11) is 4.88. The molecule has 1 N–H and O–H groups in total. The van der Waals surface area contributed by atoms with Crippen LogP contribution in [-0.2, 0) is 18.3 Å². The Bertz CT molecular complexity index is 1370. The number of hydrogen-bond donors (Lipinski definition) is 1. The normalized spacial score (nSPS) is 10.9. The smallest absolute Gasteiger partial charge is 0.271 e. The summed E-state index contributed by atoms with van der Waals surface area (Å²) in [5.74, 6) is 1.38. The molecule has 0 fully saturated rings. The van der Waals surface area contributed by atoms with Crippen molar-refractivity contribution in [3.63, 3.8) is 0 Å². The number of carbonyl (C=O) groups excluding carboxylic acids is 1. The molecule has 0 aliphatic heterocycles. The van der Waals surface area contributed by atoms with E-state index < -0.39 is 0 Å². The molecule has 7 nitrogen and oxygen atoms in total. The Morgan fingerprint density at radius 1 is 1.12 bits per heavy atom. The Labute approximate surface area is 205 Å². The van der Waals surface area contributed by atoms with Crippen LogP contribution < -0.4 is 20.3 Å². The number of benzene rings is 2. The first-order valence-electron chi connectivity index (χ1n) is 10.7. The Hall–Kier alpha value is -3.30. The van der Waals surface area contributed by atoms with Crippen LogP contribution >= 0.6 is 23.1 Å². The van der Waals surface area contributed by atoms with Crippen LogP contribution in [0.25, 0.3) is 21.3 Å². The molecule has 2 aromatic heterocycles. The van der Waals surface area contributed by atoms with Gasteiger partial charge in [0.25, 0.3) is 5.56 Å². The number of methoxy groups -OCH3 is 2. The van der Waals surface area contributed by atoms with E-state index in [0.29, 0.717) is 39.8 Å². The van der Waals surface area contributed by atoms with Gasteiger partial charge in [0, 0.05) is 24.5 Å². The number of nitrogens with one attached hydrogen (secondary N) is 1. The zero-order valence-corrected chi connectivity index (χ0v) is 20.8. The van der Waals surface area contributed by atoms with Crippen LogP contribution in [0, 0.1) is 0 Å². The molecule has 2 aromatic carbocycles. The molecule has 1 amide bonds. The molecule has 0 unspecified atom stereocenters. The summed E-state index contributed by atoms with van der Waals surface area (Å²) in [5, 5.41) is 5.40. The predicted molar refractivity (Wildman–Crippen MR) is 137 cm³/mol. The average molecular weight is 496 g/mol. The number of rotatable bonds is 9. The number of amides is 1. The molecule has 0 bridgehead atoms. The molecular formula is C25H25N3O4S2. The summed E-state index contributed by atoms with van der Waals surface area (Å²) in [6.07, 6.45) is 0.662. The largest absolute Gasteiger partial charge is 0.493 e. The molecule has 0 saturated heterocycles. The van der Waals surface area contributed by atoms with Crippen molar-refractivity contribution < 1.29 is 14.3 Å². The Morgan fingerprint density at radius 3 is 2.62 bits per heavy atom. The standard InChI is InChI=1S/C25H25N3O4S2/c1-28-24(30)23-22(18(14-33-23)17-7-5-4-6-8-17)27-25(28)34-15-21(29)26-12-11-16-9-10-19(31-2)20(13-16)32-3/h4-10,13-14H,11-12,15H2,1-3H3,(H,26,29). The maximum Gasteiger partial charge on any atom is 0.271 e. The van der Waals surface area contributed by atoms with Gasteiger partial charge in [0.1, 0.15) is 4.70 Å². The van der Waals surface area contributed by atoms with Gasteiger partial charge >= 0.3 is 0 Å². The van der Waals surface area contributed by atoms with Crippen LogP contribution in [0.1, 0.15) is 5.56 Å². The topological polar surface area (TPSA) is 82.5 Å². The first-order chi connectivity index (χ1) is 16.5. The van der Waals surface area contributed by atoms with Gasteiger partial charge in [0.2, 0.25) is 5.91 Å². The molecule has 4 rings (SSSR count). The van der Waals surface area contributed by atoms with Gasteiger partial charge in [-0.25, -0.2) is 4.98 Å². The second-order valence-corrected chi connectivity index (χ2v) is 9.35. The zero-order valence-electron chi connectivity index (χ0n) is 19.2. The number of fused-ring (bicyclic) bond motifs is 1. The van der Waals surface area contributed by atoms with E-state index in [2.05, 4.69) is 5.32 Å². The molecule has 0 radical (unpaired) electrons. The number of nitrogens with zero attached hydrogens (tertiary/aromatic N) is 2. The van der Waals surface area contributed by atoms with Crippen molar-refractivity contribution in [1.82, 2.24) is 14.9 Å². The van der Waals surface area contributed by atoms with E-state index in [9.17, 15) is 9.59 Å². The van der Waals surface area contributed by atoms with Gasteiger partial charge in [0.05, 0.1) is 25.5 Å². The summed E-state index contributed by atoms with van der Waals surface area (Å²) in [4.78, 5) is 30.0. The highest BCUT2D eigenvalue weighted by molar-refractivity contribution is 7.99. The fraction of sp³-hybridized carbons (Fsp3) is 0.240. The molecule has 2 heterocycles. The minimum atomic E-state index is -0.117. The summed E-state index contributed by atoms with van der Waals surface area (Å²) in [5.41, 5.74) is 3.55. The molecule has 0 aliphatic rings. The van der Waals surface area contributed by atoms with Crippen molar-refractivity contribution in [1.29, 1.82) is 0 Å². The van der Waals surface area contributed by atoms with Gasteiger partial charge < -0.3 is 14.8 Å². The first-order valence-corrected chi connectivity index (χ1v) is 12.5. The maximum absolute atomic E-state index is 12.9. The Kier molecular flexibility index (Phi) is 7.54. The molecule has 9 heteroatoms. The summed E-state index contributed by atoms with van der Waals surface area (Å²) in [6, 6.07) is 15.6. The van der Waals surface area contributed by atoms with E-state index in [0.717, 1.165) is 16.7 Å². The molecule has 0 spiro atoms. The van der Waals surface area contributed by atoms with E-state index in [1.54, 1.807) is 21.3 Å². The minimum absolute atomic E-state index is 0.103. The lowest BCUT2D eigenvalue weighted by atomic mass is 10.1. The number of aromatic nitrogens is 2. The van der Waals surface area contributed by atoms with E-state index in [1.807, 2.05) is 53.9 Å². The molecule has 0 saturated carbocycles. The molecule has 176 valence electrons. The third-order valence-corrected chi connectivity index (χ3v) is 7.35. The van der Waals surface area contributed by atoms with Crippen molar-refractivity contribution in [2.24, 2.45) is 7.05 Å². The van der Waals surface area contributed by atoms with Gasteiger partial charge in [-0.3, -0.25) is 14.2 Å². The predicted octanol–water partition coefficient (Wildman–Crippen LogP) is 4.13. The van der Waals surface area contributed by atoms with Crippen molar-refractivity contribution >= 4 is 39.2 Å². The van der Waals surface area contributed by atoms with Gasteiger partial charge in [0.15, 0.2) is 16.7 Å². The lowest BCUT2D eigenvalue weighted by Gasteiger charge is -2.10. The minimum Gasteiger partial charge on any atom is -0.493 e. The number of carbonyl (C=O) groups is 1. The summed E-state index contributed by atoms with van der Waals surface area (Å²) in [6.45, 7) is 0.489. The van der Waals surface area contributed by atoms with Crippen molar-refractivity contribution in [3.05, 3.63) is 69.8 Å². The monoisotopic (exact) mass is 495 g/mol. The molecular weight excluding hydrogens is 470 g/mol. The number of ether oxygens (including phenoxy) is 2. The molecule has 4 aromatic rings. The highest BCUT2D eigenvalue weighted by Crippen LogP contribution is 2.32. The van der Waals surface area contributed by atoms with E-state index in [1.165, 1.54) is 27.7 Å². The van der Waals surface area contributed by atoms with Crippen LogP contribution in [-0.4, -0.2) is 42.0 Å². The lowest BCUT2D eigenvalue weighted by Crippen LogP contribution is -2.28. The zero-order chi connectivity index (χ0) is 24.1. The lowest BCUT2D eigenvalue weighted by molar-refractivity contribution is -0.118. The third kappa shape index (κ3) is 5.10. The highest BCUT2D eigenvalue weighted by Gasteiger charge is 2.16. The van der Waals surface area contributed by atoms with Crippen LogP contribution in [0.3, 0.4) is 0 Å². The molecule has 0 aliphatic carbocycles. The van der Waals surface area contributed by atoms with Gasteiger partial charge in [-0.2, -0.15) is 0 Å². The number of thioether (sulfide) groups is 1. The Balaban J connectivity index is 1.40. The van der Waals surface area contributed by atoms with Gasteiger partial charge in [-0.15, -0.1) is 11.3 Å². The van der Waals surface area contributed by atoms with Gasteiger partial charge in [-0.05, 0) is 29.7 Å². The fourth-order valence-electron chi connectivity index (χ4n) is 3.54. The third-order valence-electron chi connectivity index (χ3n) is 5.36. The quantitative estimate of drug-likeness (QED) is 0.278. The Morgan fingerprint density at radius 2 is 1.88 bits per heavy atom. The van der Waals surface area contributed by atoms with Crippen LogP contribution in [0.5, 0.6) is 11.5 Å². The van der Waals surface area contributed by atoms with Crippen LogP contribution in [0.2, 0.25) is 0 Å². The molecule has 0 atom stereocenters. The summed E-state index contributed by atoms with van der Waals surface area (Å²) < 4.78 is 12.7. The van der Waals surface area contributed by atoms with Crippen molar-refractivity contribution in [3.8, 4) is 22.6 Å². The first kappa shape index (κ1) is 23.8. The molecule has 34 heavy (non-hydrogen) atoms. The number of hydrogen-bond acceptors (Lipinski definition) is 7. The van der Waals surface area contributed by atoms with E-state index in [-0.39, 0.29) is 17.2 Å². The SMILES string of the molecule is COc1ccc(CCNC(=O)CSc2nc3c(-c4ccccc4)csc3c(=O)n2C)cc1OC. The van der Waals surface area contributed by atoms with Crippen LogP contribution in [0.4, 0.5) is 0 Å². The fourth-order valence-corrected chi connectivity index (χ4v) is 5.32. The second-order valence-electron chi connectivity index (χ2n) is 7.53. The average Bonchev–Trinajstić information content (AvgIpc) is 3.29. The van der Waals surface area contributed by atoms with Crippen molar-refractivity contribution in [2.45, 2.75) is 11.6 Å². The highest BCUT2D eigenvalue weighted by atomic mass is 32.2. The van der Waals surface area contributed by atoms with Gasteiger partial charge in [-0.1, -0.05) is 48.2 Å². The van der Waals surface area contributed by atoms with E-state index in [4.69, 9.17) is 14.5 Å². The number of thiophene rings is 1. The van der Waals surface area contributed by atoms with Crippen LogP contribution in [0.15, 0.2) is 63.9 Å². The van der Waals surface area contributed by atoms with E-state index >= 15 is 0 Å². The van der Waals surface area contributed by atoms with Crippen molar-refractivity contribution in [2.75, 3.05) is 26.5 Å².